The van der Waals surface area contributed by atoms with Crippen LogP contribution in [0.25, 0.3) is 11.0 Å². The first-order valence-corrected chi connectivity index (χ1v) is 10.3. The molecule has 1 aromatic carbocycles. The van der Waals surface area contributed by atoms with Crippen LogP contribution in [0.3, 0.4) is 0 Å². The van der Waals surface area contributed by atoms with Crippen LogP contribution in [-0.4, -0.2) is 79.3 Å². The number of likely N-dealkylation sites (N-methyl/N-ethyl adjacent to an activating group) is 2. The summed E-state index contributed by atoms with van der Waals surface area (Å²) in [4.78, 5) is 14.0. The Hall–Kier alpha value is -2.04. The van der Waals surface area contributed by atoms with Crippen LogP contribution in [0.5, 0.6) is 0 Å². The van der Waals surface area contributed by atoms with Gasteiger partial charge in [0.25, 0.3) is 0 Å². The van der Waals surface area contributed by atoms with E-state index in [1.807, 2.05) is 25.9 Å². The van der Waals surface area contributed by atoms with Crippen molar-refractivity contribution >= 4 is 27.0 Å². The minimum absolute atomic E-state index is 0.0924. The van der Waals surface area contributed by atoms with Crippen molar-refractivity contribution in [1.29, 1.82) is 0 Å². The van der Waals surface area contributed by atoms with E-state index in [1.165, 1.54) is 19.2 Å². The van der Waals surface area contributed by atoms with Gasteiger partial charge < -0.3 is 10.2 Å². The predicted octanol–water partition coefficient (Wildman–Crippen LogP) is 0.701. The molecule has 0 fully saturated rings. The molecule has 1 atom stereocenters. The third kappa shape index (κ3) is 5.02. The van der Waals surface area contributed by atoms with Crippen LogP contribution in [0.4, 0.5) is 0 Å². The van der Waals surface area contributed by atoms with Crippen LogP contribution in [0.2, 0.25) is 0 Å². The number of fused-ring (bicyclic) bond motifs is 1. The van der Waals surface area contributed by atoms with E-state index in [0.717, 1.165) is 16.2 Å². The first-order chi connectivity index (χ1) is 12.7. The first-order valence-electron chi connectivity index (χ1n) is 8.89. The molecule has 2 rings (SSSR count). The predicted molar refractivity (Wildman–Crippen MR) is 104 cm³/mol. The van der Waals surface area contributed by atoms with Crippen molar-refractivity contribution in [2.75, 3.05) is 40.8 Å². The highest BCUT2D eigenvalue weighted by molar-refractivity contribution is 7.89. The van der Waals surface area contributed by atoms with Gasteiger partial charge in [0, 0.05) is 20.1 Å². The minimum Gasteiger partial charge on any atom is -0.354 e. The summed E-state index contributed by atoms with van der Waals surface area (Å²) in [5.41, 5.74) is 1.30. The van der Waals surface area contributed by atoms with E-state index in [2.05, 4.69) is 22.6 Å². The molecule has 0 bridgehead atoms. The maximum atomic E-state index is 12.8. The molecule has 1 aromatic heterocycles. The largest absolute Gasteiger partial charge is 0.354 e. The Morgan fingerprint density at radius 1 is 1.30 bits per heavy atom. The summed E-state index contributed by atoms with van der Waals surface area (Å²) in [5.74, 6) is -0.341. The standard InChI is InChI=1S/C17H28N6O3S/c1-6-13(2)23-16-8-7-14(11-15(16)19-20-23)27(25,26)22(5)12-17(24)18-9-10-21(3)4/h7-8,11,13H,6,9-10,12H2,1-5H3,(H,18,24). The zero-order valence-corrected chi connectivity index (χ0v) is 17.3. The number of carbonyl (C=O) groups is 1. The molecule has 0 aliphatic heterocycles. The maximum absolute atomic E-state index is 12.8. The van der Waals surface area contributed by atoms with Gasteiger partial charge in [0.2, 0.25) is 15.9 Å². The fourth-order valence-corrected chi connectivity index (χ4v) is 3.67. The monoisotopic (exact) mass is 396 g/mol. The van der Waals surface area contributed by atoms with Crippen molar-refractivity contribution in [1.82, 2.24) is 29.5 Å². The van der Waals surface area contributed by atoms with Crippen molar-refractivity contribution in [3.05, 3.63) is 18.2 Å². The van der Waals surface area contributed by atoms with Crippen LogP contribution < -0.4 is 5.32 Å². The van der Waals surface area contributed by atoms with Gasteiger partial charge in [0.05, 0.1) is 23.0 Å². The number of carbonyl (C=O) groups excluding carboxylic acids is 1. The fraction of sp³-hybridized carbons (Fsp3) is 0.588. The van der Waals surface area contributed by atoms with Crippen molar-refractivity contribution in [2.24, 2.45) is 0 Å². The zero-order chi connectivity index (χ0) is 20.2. The quantitative estimate of drug-likeness (QED) is 0.670. The van der Waals surface area contributed by atoms with E-state index >= 15 is 0 Å². The lowest BCUT2D eigenvalue weighted by molar-refractivity contribution is -0.121. The number of aromatic nitrogens is 3. The smallest absolute Gasteiger partial charge is 0.243 e. The summed E-state index contributed by atoms with van der Waals surface area (Å²) in [6.07, 6.45) is 0.893. The highest BCUT2D eigenvalue weighted by Crippen LogP contribution is 2.22. The van der Waals surface area contributed by atoms with E-state index in [4.69, 9.17) is 0 Å². The van der Waals surface area contributed by atoms with Gasteiger partial charge in [-0.25, -0.2) is 13.1 Å². The molecular formula is C17H28N6O3S. The molecule has 0 saturated heterocycles. The van der Waals surface area contributed by atoms with Crippen LogP contribution in [0, 0.1) is 0 Å². The summed E-state index contributed by atoms with van der Waals surface area (Å²) in [6.45, 7) is 4.99. The van der Waals surface area contributed by atoms with Gasteiger partial charge in [-0.2, -0.15) is 4.31 Å². The third-order valence-electron chi connectivity index (χ3n) is 4.41. The van der Waals surface area contributed by atoms with Gasteiger partial charge in [-0.05, 0) is 45.6 Å². The lowest BCUT2D eigenvalue weighted by Gasteiger charge is -2.17. The normalized spacial score (nSPS) is 13.4. The molecule has 1 unspecified atom stereocenters. The van der Waals surface area contributed by atoms with E-state index in [9.17, 15) is 13.2 Å². The number of nitrogens with zero attached hydrogens (tertiary/aromatic N) is 5. The summed E-state index contributed by atoms with van der Waals surface area (Å²) >= 11 is 0. The number of rotatable bonds is 9. The molecule has 1 amide bonds. The van der Waals surface area contributed by atoms with E-state index in [1.54, 1.807) is 10.7 Å². The van der Waals surface area contributed by atoms with Crippen LogP contribution >= 0.6 is 0 Å². The molecule has 150 valence electrons. The number of hydrogen-bond donors (Lipinski definition) is 1. The topological polar surface area (TPSA) is 100 Å². The van der Waals surface area contributed by atoms with Crippen molar-refractivity contribution < 1.29 is 13.2 Å². The second kappa shape index (κ2) is 8.77. The number of nitrogens with one attached hydrogen (secondary N) is 1. The molecule has 0 aliphatic rings. The Morgan fingerprint density at radius 3 is 2.63 bits per heavy atom. The Bertz CT molecular complexity index is 893. The number of hydrogen-bond acceptors (Lipinski definition) is 6. The van der Waals surface area contributed by atoms with Crippen LogP contribution in [-0.2, 0) is 14.8 Å². The molecule has 0 radical (unpaired) electrons. The average Bonchev–Trinajstić information content (AvgIpc) is 3.03. The van der Waals surface area contributed by atoms with Gasteiger partial charge in [-0.1, -0.05) is 12.1 Å². The summed E-state index contributed by atoms with van der Waals surface area (Å²) < 4.78 is 28.4. The Morgan fingerprint density at radius 2 is 2.00 bits per heavy atom. The molecule has 1 N–H and O–H groups in total. The Kier molecular flexibility index (Phi) is 6.90. The average molecular weight is 397 g/mol. The minimum atomic E-state index is -3.80. The molecule has 0 saturated carbocycles. The van der Waals surface area contributed by atoms with Gasteiger partial charge >= 0.3 is 0 Å². The number of amides is 1. The van der Waals surface area contributed by atoms with Gasteiger partial charge in [-0.15, -0.1) is 5.10 Å². The Balaban J connectivity index is 2.14. The first kappa shape index (κ1) is 21.3. The number of sulfonamides is 1. The number of benzene rings is 1. The summed E-state index contributed by atoms with van der Waals surface area (Å²) in [6, 6.07) is 4.91. The summed E-state index contributed by atoms with van der Waals surface area (Å²) in [7, 11) is 1.39. The van der Waals surface area contributed by atoms with Crippen LogP contribution in [0.15, 0.2) is 23.1 Å². The third-order valence-corrected chi connectivity index (χ3v) is 6.21. The van der Waals surface area contributed by atoms with Gasteiger partial charge in [0.15, 0.2) is 0 Å². The Labute approximate surface area is 160 Å². The van der Waals surface area contributed by atoms with Crippen LogP contribution in [0.1, 0.15) is 26.3 Å². The zero-order valence-electron chi connectivity index (χ0n) is 16.5. The molecule has 0 aliphatic carbocycles. The lowest BCUT2D eigenvalue weighted by atomic mass is 10.2. The molecular weight excluding hydrogens is 368 g/mol. The van der Waals surface area contributed by atoms with Gasteiger partial charge in [-0.3, -0.25) is 4.79 Å². The highest BCUT2D eigenvalue weighted by Gasteiger charge is 2.24. The SMILES string of the molecule is CCC(C)n1nnc2cc(S(=O)(=O)N(C)CC(=O)NCCN(C)C)ccc21. The van der Waals surface area contributed by atoms with Gasteiger partial charge in [0.1, 0.15) is 5.52 Å². The molecule has 2 aromatic rings. The summed E-state index contributed by atoms with van der Waals surface area (Å²) in [5, 5.41) is 10.9. The van der Waals surface area contributed by atoms with Crippen molar-refractivity contribution in [2.45, 2.75) is 31.2 Å². The molecule has 0 spiro atoms. The molecule has 27 heavy (non-hydrogen) atoms. The molecule has 9 nitrogen and oxygen atoms in total. The van der Waals surface area contributed by atoms with Crippen molar-refractivity contribution in [3.8, 4) is 0 Å². The maximum Gasteiger partial charge on any atom is 0.243 e. The highest BCUT2D eigenvalue weighted by atomic mass is 32.2. The van der Waals surface area contributed by atoms with E-state index in [-0.39, 0.29) is 23.4 Å². The van der Waals surface area contributed by atoms with E-state index in [0.29, 0.717) is 18.6 Å². The van der Waals surface area contributed by atoms with Crippen molar-refractivity contribution in [3.63, 3.8) is 0 Å². The fourth-order valence-electron chi connectivity index (χ4n) is 2.52. The van der Waals surface area contributed by atoms with E-state index < -0.39 is 10.0 Å². The second-order valence-corrected chi connectivity index (χ2v) is 8.90. The lowest BCUT2D eigenvalue weighted by Crippen LogP contribution is -2.40. The second-order valence-electron chi connectivity index (χ2n) is 6.86. The molecule has 1 heterocycles. The molecule has 10 heteroatoms.